The van der Waals surface area contributed by atoms with Crippen molar-refractivity contribution in [1.29, 1.82) is 0 Å². The van der Waals surface area contributed by atoms with Crippen molar-refractivity contribution >= 4 is 28.6 Å². The molecule has 0 unspecified atom stereocenters. The minimum absolute atomic E-state index is 0.0165. The summed E-state index contributed by atoms with van der Waals surface area (Å²) in [6.07, 6.45) is 0. The largest absolute Gasteiger partial charge is 0.397 e. The molecule has 18 heavy (non-hydrogen) atoms. The van der Waals surface area contributed by atoms with E-state index in [1.165, 1.54) is 7.11 Å². The van der Waals surface area contributed by atoms with E-state index in [1.54, 1.807) is 17.4 Å². The Morgan fingerprint density at radius 1 is 1.44 bits per heavy atom. The fourth-order valence-electron chi connectivity index (χ4n) is 1.58. The molecule has 0 aliphatic carbocycles. The standard InChI is InChI=1S/C13H14N2O2S/c1-17-8-13(16)15-11-7-9(4-5-10(11)14)12-3-2-6-18-12/h2-7H,8,14H2,1H3,(H,15,16). The van der Waals surface area contributed by atoms with Gasteiger partial charge in [0.25, 0.3) is 0 Å². The average molecular weight is 262 g/mol. The summed E-state index contributed by atoms with van der Waals surface area (Å²) in [5.41, 5.74) is 8.02. The topological polar surface area (TPSA) is 64.3 Å². The van der Waals surface area contributed by atoms with Crippen LogP contribution in [0.5, 0.6) is 0 Å². The number of carbonyl (C=O) groups is 1. The van der Waals surface area contributed by atoms with Crippen molar-refractivity contribution < 1.29 is 9.53 Å². The van der Waals surface area contributed by atoms with E-state index in [2.05, 4.69) is 5.32 Å². The van der Waals surface area contributed by atoms with Gasteiger partial charge in [-0.2, -0.15) is 0 Å². The smallest absolute Gasteiger partial charge is 0.250 e. The molecule has 0 saturated carbocycles. The van der Waals surface area contributed by atoms with E-state index < -0.39 is 0 Å². The van der Waals surface area contributed by atoms with Gasteiger partial charge in [0.05, 0.1) is 11.4 Å². The minimum atomic E-state index is -0.215. The van der Waals surface area contributed by atoms with Gasteiger partial charge in [0, 0.05) is 12.0 Å². The highest BCUT2D eigenvalue weighted by molar-refractivity contribution is 7.13. The number of thiophene rings is 1. The van der Waals surface area contributed by atoms with Crippen LogP contribution in [0.15, 0.2) is 35.7 Å². The second kappa shape index (κ2) is 5.66. The van der Waals surface area contributed by atoms with Crippen LogP contribution in [-0.4, -0.2) is 19.6 Å². The summed E-state index contributed by atoms with van der Waals surface area (Å²) in [5.74, 6) is -0.215. The molecule has 2 aromatic rings. The number of methoxy groups -OCH3 is 1. The molecule has 1 heterocycles. The molecular weight excluding hydrogens is 248 g/mol. The number of hydrogen-bond acceptors (Lipinski definition) is 4. The highest BCUT2D eigenvalue weighted by Crippen LogP contribution is 2.30. The monoisotopic (exact) mass is 262 g/mol. The SMILES string of the molecule is COCC(=O)Nc1cc(-c2cccs2)ccc1N. The third-order valence-electron chi connectivity index (χ3n) is 2.41. The summed E-state index contributed by atoms with van der Waals surface area (Å²) in [6.45, 7) is 0.0165. The molecule has 0 saturated heterocycles. The number of anilines is 2. The average Bonchev–Trinajstić information content (AvgIpc) is 2.86. The highest BCUT2D eigenvalue weighted by atomic mass is 32.1. The van der Waals surface area contributed by atoms with E-state index in [9.17, 15) is 4.79 Å². The molecule has 1 amide bonds. The zero-order chi connectivity index (χ0) is 13.0. The molecule has 0 aliphatic rings. The molecular formula is C13H14N2O2S. The first-order chi connectivity index (χ1) is 8.70. The number of nitrogens with two attached hydrogens (primary N) is 1. The lowest BCUT2D eigenvalue weighted by atomic mass is 10.1. The summed E-state index contributed by atoms with van der Waals surface area (Å²) in [6, 6.07) is 9.61. The summed E-state index contributed by atoms with van der Waals surface area (Å²) in [4.78, 5) is 12.6. The number of hydrogen-bond donors (Lipinski definition) is 2. The third kappa shape index (κ3) is 2.88. The maximum Gasteiger partial charge on any atom is 0.250 e. The fraction of sp³-hybridized carbons (Fsp3) is 0.154. The van der Waals surface area contributed by atoms with Gasteiger partial charge in [0.2, 0.25) is 5.91 Å². The summed E-state index contributed by atoms with van der Waals surface area (Å²) in [7, 11) is 1.48. The van der Waals surface area contributed by atoms with Crippen LogP contribution in [0.25, 0.3) is 10.4 Å². The zero-order valence-electron chi connectivity index (χ0n) is 9.97. The number of nitrogens with one attached hydrogen (secondary N) is 1. The number of rotatable bonds is 4. The third-order valence-corrected chi connectivity index (χ3v) is 3.33. The van der Waals surface area contributed by atoms with Crippen LogP contribution in [0.4, 0.5) is 11.4 Å². The van der Waals surface area contributed by atoms with Crippen molar-refractivity contribution in [3.63, 3.8) is 0 Å². The Bertz CT molecular complexity index is 538. The number of benzene rings is 1. The van der Waals surface area contributed by atoms with Crippen molar-refractivity contribution in [1.82, 2.24) is 0 Å². The number of carbonyl (C=O) groups excluding carboxylic acids is 1. The number of amides is 1. The maximum absolute atomic E-state index is 11.5. The normalized spacial score (nSPS) is 10.3. The van der Waals surface area contributed by atoms with Gasteiger partial charge >= 0.3 is 0 Å². The first-order valence-electron chi connectivity index (χ1n) is 5.43. The van der Waals surface area contributed by atoms with Crippen LogP contribution in [0.1, 0.15) is 0 Å². The molecule has 1 aromatic heterocycles. The van der Waals surface area contributed by atoms with E-state index in [-0.39, 0.29) is 12.5 Å². The van der Waals surface area contributed by atoms with Crippen molar-refractivity contribution in [2.24, 2.45) is 0 Å². The molecule has 0 atom stereocenters. The summed E-state index contributed by atoms with van der Waals surface area (Å²) in [5, 5.41) is 4.74. The molecule has 0 bridgehead atoms. The zero-order valence-corrected chi connectivity index (χ0v) is 10.8. The molecule has 0 spiro atoms. The van der Waals surface area contributed by atoms with Crippen LogP contribution in [0.2, 0.25) is 0 Å². The van der Waals surface area contributed by atoms with Crippen LogP contribution < -0.4 is 11.1 Å². The van der Waals surface area contributed by atoms with Crippen molar-refractivity contribution in [2.75, 3.05) is 24.8 Å². The second-order valence-corrected chi connectivity index (χ2v) is 4.71. The molecule has 0 fully saturated rings. The van der Waals surface area contributed by atoms with Crippen molar-refractivity contribution in [2.45, 2.75) is 0 Å². The van der Waals surface area contributed by atoms with E-state index in [1.807, 2.05) is 29.6 Å². The predicted molar refractivity (Wildman–Crippen MR) is 74.7 cm³/mol. The Kier molecular flexibility index (Phi) is 3.96. The van der Waals surface area contributed by atoms with E-state index in [0.717, 1.165) is 10.4 Å². The van der Waals surface area contributed by atoms with Gasteiger partial charge in [-0.25, -0.2) is 0 Å². The first-order valence-corrected chi connectivity index (χ1v) is 6.31. The highest BCUT2D eigenvalue weighted by Gasteiger charge is 2.07. The van der Waals surface area contributed by atoms with Crippen molar-refractivity contribution in [3.05, 3.63) is 35.7 Å². The maximum atomic E-state index is 11.5. The first kappa shape index (κ1) is 12.6. The molecule has 2 rings (SSSR count). The Balaban J connectivity index is 2.24. The van der Waals surface area contributed by atoms with E-state index in [0.29, 0.717) is 11.4 Å². The molecule has 0 aliphatic heterocycles. The Morgan fingerprint density at radius 3 is 2.94 bits per heavy atom. The van der Waals surface area contributed by atoms with Gasteiger partial charge in [0.15, 0.2) is 0 Å². The quantitative estimate of drug-likeness (QED) is 0.832. The van der Waals surface area contributed by atoms with E-state index in [4.69, 9.17) is 10.5 Å². The summed E-state index contributed by atoms with van der Waals surface area (Å²) < 4.78 is 4.77. The number of nitrogen functional groups attached to an aromatic ring is 1. The lowest BCUT2D eigenvalue weighted by molar-refractivity contribution is -0.119. The van der Waals surface area contributed by atoms with Gasteiger partial charge < -0.3 is 15.8 Å². The predicted octanol–water partition coefficient (Wildman–Crippen LogP) is 2.58. The van der Waals surface area contributed by atoms with Gasteiger partial charge in [-0.15, -0.1) is 11.3 Å². The molecule has 5 heteroatoms. The number of ether oxygens (including phenoxy) is 1. The van der Waals surface area contributed by atoms with Crippen LogP contribution >= 0.6 is 11.3 Å². The molecule has 94 valence electrons. The molecule has 0 radical (unpaired) electrons. The second-order valence-electron chi connectivity index (χ2n) is 3.76. The van der Waals surface area contributed by atoms with Crippen LogP contribution in [0, 0.1) is 0 Å². The molecule has 3 N–H and O–H groups in total. The van der Waals surface area contributed by atoms with E-state index >= 15 is 0 Å². The minimum Gasteiger partial charge on any atom is -0.397 e. The van der Waals surface area contributed by atoms with Gasteiger partial charge in [-0.3, -0.25) is 4.79 Å². The molecule has 4 nitrogen and oxygen atoms in total. The van der Waals surface area contributed by atoms with Gasteiger partial charge in [0.1, 0.15) is 6.61 Å². The molecule has 1 aromatic carbocycles. The van der Waals surface area contributed by atoms with Crippen molar-refractivity contribution in [3.8, 4) is 10.4 Å². The lowest BCUT2D eigenvalue weighted by Gasteiger charge is -2.09. The fourth-order valence-corrected chi connectivity index (χ4v) is 2.30. The Morgan fingerprint density at radius 2 is 2.28 bits per heavy atom. The van der Waals surface area contributed by atoms with Gasteiger partial charge in [-0.1, -0.05) is 12.1 Å². The van der Waals surface area contributed by atoms with Crippen LogP contribution in [0.3, 0.4) is 0 Å². The lowest BCUT2D eigenvalue weighted by Crippen LogP contribution is -2.18. The Labute approximate surface area is 109 Å². The summed E-state index contributed by atoms with van der Waals surface area (Å²) >= 11 is 1.64. The Hall–Kier alpha value is -1.85. The van der Waals surface area contributed by atoms with Gasteiger partial charge in [-0.05, 0) is 29.1 Å². The van der Waals surface area contributed by atoms with Crippen LogP contribution in [-0.2, 0) is 9.53 Å².